The van der Waals surface area contributed by atoms with E-state index in [0.29, 0.717) is 40.4 Å². The molecule has 1 aliphatic carbocycles. The van der Waals surface area contributed by atoms with Gasteiger partial charge in [-0.05, 0) is 55.4 Å². The summed E-state index contributed by atoms with van der Waals surface area (Å²) in [5, 5.41) is 9.95. The van der Waals surface area contributed by atoms with Crippen molar-refractivity contribution in [2.45, 2.75) is 50.2 Å². The van der Waals surface area contributed by atoms with Gasteiger partial charge < -0.3 is 15.4 Å². The van der Waals surface area contributed by atoms with Crippen LogP contribution in [0.2, 0.25) is 0 Å². The number of amides is 2. The Labute approximate surface area is 185 Å². The molecule has 2 amide bonds. The van der Waals surface area contributed by atoms with Crippen LogP contribution in [0.25, 0.3) is 10.9 Å². The Balaban J connectivity index is 1.61. The van der Waals surface area contributed by atoms with Gasteiger partial charge in [-0.25, -0.2) is 0 Å². The third-order valence-corrected chi connectivity index (χ3v) is 7.33. The lowest BCUT2D eigenvalue weighted by Gasteiger charge is -2.28. The Morgan fingerprint density at radius 3 is 2.74 bits per heavy atom. The number of nitriles is 1. The second-order valence-electron chi connectivity index (χ2n) is 8.20. The molecule has 31 heavy (non-hydrogen) atoms. The molecule has 0 unspecified atom stereocenters. The molecule has 4 rings (SSSR count). The van der Waals surface area contributed by atoms with Gasteiger partial charge in [0, 0.05) is 18.2 Å². The van der Waals surface area contributed by atoms with Crippen LogP contribution in [-0.2, 0) is 16.0 Å². The summed E-state index contributed by atoms with van der Waals surface area (Å²) in [4.78, 5) is 31.1. The first-order valence-electron chi connectivity index (χ1n) is 10.5. The third kappa shape index (κ3) is 4.53. The summed E-state index contributed by atoms with van der Waals surface area (Å²) in [6.07, 6.45) is 4.51. The normalized spacial score (nSPS) is 23.6. The number of hydrogen-bond donors (Lipinski definition) is 1. The van der Waals surface area contributed by atoms with Crippen LogP contribution in [0, 0.1) is 11.3 Å². The molecule has 1 saturated heterocycles. The van der Waals surface area contributed by atoms with Crippen molar-refractivity contribution in [2.24, 2.45) is 5.73 Å². The van der Waals surface area contributed by atoms with Crippen LogP contribution in [0.5, 0.6) is 0 Å². The molecular weight excluding hydrogens is 412 g/mol. The number of ether oxygens (including phenoxy) is 1. The van der Waals surface area contributed by atoms with Crippen molar-refractivity contribution in [3.63, 3.8) is 0 Å². The van der Waals surface area contributed by atoms with Crippen molar-refractivity contribution in [1.82, 2.24) is 9.88 Å². The van der Waals surface area contributed by atoms with Crippen LogP contribution < -0.4 is 5.73 Å². The number of hydrogen-bond acceptors (Lipinski definition) is 6. The van der Waals surface area contributed by atoms with Gasteiger partial charge in [-0.1, -0.05) is 6.07 Å². The van der Waals surface area contributed by atoms with Gasteiger partial charge in [0.15, 0.2) is 0 Å². The molecule has 1 aromatic carbocycles. The molecule has 1 aliphatic heterocycles. The Morgan fingerprint density at radius 1 is 1.29 bits per heavy atom. The standard InChI is InChI=1S/C23H26N4O3S/c1-30-18-5-2-14(3-6-18)15-4-7-21-19(8-15)20(23(25)29)9-16(26-21)10-22(28)27-13-31-12-17(27)11-24/h4,7-9,14,17-18H,2-3,5-6,10,12-13H2,1H3,(H2,25,29)/t14?,17-,18?/m1/s1. The highest BCUT2D eigenvalue weighted by atomic mass is 32.2. The van der Waals surface area contributed by atoms with Crippen LogP contribution in [-0.4, -0.2) is 52.6 Å². The number of nitrogens with zero attached hydrogens (tertiary/aromatic N) is 3. The van der Waals surface area contributed by atoms with Crippen LogP contribution in [0.4, 0.5) is 0 Å². The molecule has 1 aromatic heterocycles. The molecule has 0 radical (unpaired) electrons. The van der Waals surface area contributed by atoms with E-state index < -0.39 is 11.9 Å². The summed E-state index contributed by atoms with van der Waals surface area (Å²) in [6, 6.07) is 9.37. The van der Waals surface area contributed by atoms with Crippen LogP contribution in [0.3, 0.4) is 0 Å². The largest absolute Gasteiger partial charge is 0.381 e. The summed E-state index contributed by atoms with van der Waals surface area (Å²) in [5.41, 5.74) is 8.40. The Bertz CT molecular complexity index is 1040. The zero-order chi connectivity index (χ0) is 22.0. The second kappa shape index (κ2) is 9.25. The number of primary amides is 1. The predicted molar refractivity (Wildman–Crippen MR) is 120 cm³/mol. The lowest BCUT2D eigenvalue weighted by Crippen LogP contribution is -2.36. The van der Waals surface area contributed by atoms with Gasteiger partial charge in [-0.15, -0.1) is 11.8 Å². The molecule has 162 valence electrons. The smallest absolute Gasteiger partial charge is 0.249 e. The van der Waals surface area contributed by atoms with Crippen molar-refractivity contribution in [3.8, 4) is 6.07 Å². The van der Waals surface area contributed by atoms with Gasteiger partial charge >= 0.3 is 0 Å². The fourth-order valence-electron chi connectivity index (χ4n) is 4.53. The van der Waals surface area contributed by atoms with Gasteiger partial charge in [0.25, 0.3) is 0 Å². The second-order valence-corrected chi connectivity index (χ2v) is 9.20. The van der Waals surface area contributed by atoms with Crippen molar-refractivity contribution >= 4 is 34.5 Å². The van der Waals surface area contributed by atoms with Gasteiger partial charge in [0.2, 0.25) is 11.8 Å². The summed E-state index contributed by atoms with van der Waals surface area (Å²) < 4.78 is 5.47. The molecule has 2 N–H and O–H groups in total. The number of pyridine rings is 1. The molecule has 1 saturated carbocycles. The molecule has 2 aromatic rings. The molecule has 0 spiro atoms. The highest BCUT2D eigenvalue weighted by Crippen LogP contribution is 2.35. The summed E-state index contributed by atoms with van der Waals surface area (Å²) in [6.45, 7) is 0. The molecule has 1 atom stereocenters. The third-order valence-electron chi connectivity index (χ3n) is 6.31. The average Bonchev–Trinajstić information content (AvgIpc) is 3.27. The van der Waals surface area contributed by atoms with Gasteiger partial charge in [0.05, 0.1) is 41.2 Å². The molecule has 7 nitrogen and oxygen atoms in total. The van der Waals surface area contributed by atoms with Crippen molar-refractivity contribution in [2.75, 3.05) is 18.7 Å². The maximum absolute atomic E-state index is 12.7. The molecule has 2 fully saturated rings. The highest BCUT2D eigenvalue weighted by molar-refractivity contribution is 7.99. The number of carbonyl (C=O) groups is 2. The maximum atomic E-state index is 12.7. The molecule has 8 heteroatoms. The molecule has 0 bridgehead atoms. The van der Waals surface area contributed by atoms with E-state index in [2.05, 4.69) is 17.1 Å². The number of thioether (sulfide) groups is 1. The number of fused-ring (bicyclic) bond motifs is 1. The zero-order valence-corrected chi connectivity index (χ0v) is 18.4. The number of carbonyl (C=O) groups excluding carboxylic acids is 2. The summed E-state index contributed by atoms with van der Waals surface area (Å²) >= 11 is 1.56. The number of methoxy groups -OCH3 is 1. The van der Waals surface area contributed by atoms with E-state index in [9.17, 15) is 14.9 Å². The van der Waals surface area contributed by atoms with E-state index in [-0.39, 0.29) is 12.3 Å². The fourth-order valence-corrected chi connectivity index (χ4v) is 5.63. The first-order chi connectivity index (χ1) is 15.0. The van der Waals surface area contributed by atoms with Crippen molar-refractivity contribution in [3.05, 3.63) is 41.1 Å². The Morgan fingerprint density at radius 2 is 2.06 bits per heavy atom. The van der Waals surface area contributed by atoms with E-state index in [1.54, 1.807) is 29.8 Å². The van der Waals surface area contributed by atoms with Crippen molar-refractivity contribution in [1.29, 1.82) is 5.26 Å². The Kier molecular flexibility index (Phi) is 6.44. The summed E-state index contributed by atoms with van der Waals surface area (Å²) in [7, 11) is 1.76. The van der Waals surface area contributed by atoms with Gasteiger partial charge in [-0.2, -0.15) is 5.26 Å². The quantitative estimate of drug-likeness (QED) is 0.769. The highest BCUT2D eigenvalue weighted by Gasteiger charge is 2.29. The topological polar surface area (TPSA) is 109 Å². The predicted octanol–water partition coefficient (Wildman–Crippen LogP) is 2.97. The zero-order valence-electron chi connectivity index (χ0n) is 17.5. The van der Waals surface area contributed by atoms with Crippen LogP contribution in [0.15, 0.2) is 24.3 Å². The van der Waals surface area contributed by atoms with E-state index >= 15 is 0 Å². The van der Waals surface area contributed by atoms with E-state index in [1.165, 1.54) is 5.56 Å². The molecule has 2 heterocycles. The maximum Gasteiger partial charge on any atom is 0.249 e. The monoisotopic (exact) mass is 438 g/mol. The Hall–Kier alpha value is -2.63. The average molecular weight is 439 g/mol. The number of benzene rings is 1. The lowest BCUT2D eigenvalue weighted by molar-refractivity contribution is -0.130. The van der Waals surface area contributed by atoms with E-state index in [0.717, 1.165) is 31.1 Å². The SMILES string of the molecule is COC1CCC(c2ccc3nc(CC(=O)N4CSC[C@H]4C#N)cc(C(N)=O)c3c2)CC1. The molecular formula is C23H26N4O3S. The molecule has 2 aliphatic rings. The first-order valence-corrected chi connectivity index (χ1v) is 11.7. The van der Waals surface area contributed by atoms with Crippen LogP contribution >= 0.6 is 11.8 Å². The number of nitrogens with two attached hydrogens (primary N) is 1. The number of aromatic nitrogens is 1. The number of rotatable bonds is 5. The lowest BCUT2D eigenvalue weighted by atomic mass is 9.82. The van der Waals surface area contributed by atoms with E-state index in [4.69, 9.17) is 10.5 Å². The van der Waals surface area contributed by atoms with Crippen molar-refractivity contribution < 1.29 is 14.3 Å². The summed E-state index contributed by atoms with van der Waals surface area (Å²) in [5.74, 6) is 0.850. The minimum Gasteiger partial charge on any atom is -0.381 e. The first kappa shape index (κ1) is 21.6. The minimum atomic E-state index is -0.534. The van der Waals surface area contributed by atoms with Gasteiger partial charge in [-0.3, -0.25) is 14.6 Å². The van der Waals surface area contributed by atoms with Crippen LogP contribution in [0.1, 0.15) is 53.2 Å². The minimum absolute atomic E-state index is 0.0394. The van der Waals surface area contributed by atoms with Gasteiger partial charge in [0.1, 0.15) is 6.04 Å². The fraction of sp³-hybridized carbons (Fsp3) is 0.478. The van der Waals surface area contributed by atoms with E-state index in [1.807, 2.05) is 12.1 Å².